The molecule has 0 aromatic heterocycles. The molecule has 1 aromatic rings. The summed E-state index contributed by atoms with van der Waals surface area (Å²) in [6.07, 6.45) is 5.35. The molecular weight excluding hydrogens is 300 g/mol. The van der Waals surface area contributed by atoms with Gasteiger partial charge in [0, 0.05) is 0 Å². The minimum Gasteiger partial charge on any atom is -0.257 e. The van der Waals surface area contributed by atoms with Crippen molar-refractivity contribution in [3.8, 4) is 12.3 Å². The average molecular weight is 316 g/mol. The van der Waals surface area contributed by atoms with E-state index in [0.29, 0.717) is 0 Å². The van der Waals surface area contributed by atoms with E-state index in [1.54, 1.807) is 18.2 Å². The van der Waals surface area contributed by atoms with E-state index in [2.05, 4.69) is 10.1 Å². The van der Waals surface area contributed by atoms with Crippen molar-refractivity contribution in [3.63, 3.8) is 0 Å². The van der Waals surface area contributed by atoms with Crippen molar-refractivity contribution in [2.75, 3.05) is 18.1 Å². The van der Waals surface area contributed by atoms with Gasteiger partial charge in [0.1, 0.15) is 6.61 Å². The topological polar surface area (TPSA) is 77.5 Å². The Morgan fingerprint density at radius 1 is 1.00 bits per heavy atom. The van der Waals surface area contributed by atoms with E-state index in [1.165, 1.54) is 12.1 Å². The van der Waals surface area contributed by atoms with Crippen LogP contribution in [-0.2, 0) is 24.1 Å². The molecule has 0 bridgehead atoms. The van der Waals surface area contributed by atoms with E-state index in [4.69, 9.17) is 6.42 Å². The zero-order valence-corrected chi connectivity index (χ0v) is 12.5. The zero-order chi connectivity index (χ0) is 15.1. The van der Waals surface area contributed by atoms with Crippen LogP contribution in [-0.4, -0.2) is 34.9 Å². The van der Waals surface area contributed by atoms with Gasteiger partial charge in [-0.25, -0.2) is 8.42 Å². The van der Waals surface area contributed by atoms with E-state index in [9.17, 15) is 16.8 Å². The van der Waals surface area contributed by atoms with Gasteiger partial charge in [0.25, 0.3) is 10.1 Å². The van der Waals surface area contributed by atoms with Gasteiger partial charge in [-0.15, -0.1) is 6.42 Å². The highest BCUT2D eigenvalue weighted by Gasteiger charge is 2.15. The predicted octanol–water partition coefficient (Wildman–Crippen LogP) is 1.22. The second kappa shape index (κ2) is 7.43. The molecule has 0 saturated heterocycles. The number of sulfone groups is 1. The molecule has 0 radical (unpaired) electrons. The summed E-state index contributed by atoms with van der Waals surface area (Å²) in [4.78, 5) is 0.242. The fourth-order valence-electron chi connectivity index (χ4n) is 1.50. The van der Waals surface area contributed by atoms with Crippen molar-refractivity contribution < 1.29 is 21.0 Å². The molecule has 0 N–H and O–H groups in total. The smallest absolute Gasteiger partial charge is 0.257 e. The van der Waals surface area contributed by atoms with Crippen molar-refractivity contribution in [1.82, 2.24) is 0 Å². The van der Waals surface area contributed by atoms with Crippen molar-refractivity contribution >= 4 is 20.0 Å². The molecule has 0 aliphatic heterocycles. The lowest BCUT2D eigenvalue weighted by Gasteiger charge is -2.05. The maximum atomic E-state index is 11.9. The van der Waals surface area contributed by atoms with Crippen LogP contribution in [0.3, 0.4) is 0 Å². The lowest BCUT2D eigenvalue weighted by atomic mass is 10.4. The third-order valence-corrected chi connectivity index (χ3v) is 5.56. The Labute approximate surface area is 120 Å². The lowest BCUT2D eigenvalue weighted by Crippen LogP contribution is -2.13. The van der Waals surface area contributed by atoms with Crippen molar-refractivity contribution in [1.29, 1.82) is 0 Å². The summed E-state index contributed by atoms with van der Waals surface area (Å²) < 4.78 is 51.0. The van der Waals surface area contributed by atoms with Crippen LogP contribution in [0, 0.1) is 12.3 Å². The number of unbranched alkanes of at least 4 members (excludes halogenated alkanes) is 1. The van der Waals surface area contributed by atoms with Crippen molar-refractivity contribution in [2.45, 2.75) is 17.7 Å². The average Bonchev–Trinajstić information content (AvgIpc) is 2.43. The molecule has 0 saturated carbocycles. The Morgan fingerprint density at radius 3 is 2.20 bits per heavy atom. The normalized spacial score (nSPS) is 11.9. The Morgan fingerprint density at radius 2 is 1.60 bits per heavy atom. The van der Waals surface area contributed by atoms with Crippen LogP contribution in [0.5, 0.6) is 0 Å². The van der Waals surface area contributed by atoms with Crippen LogP contribution in [0.15, 0.2) is 35.2 Å². The maximum Gasteiger partial charge on any atom is 0.268 e. The van der Waals surface area contributed by atoms with Crippen LogP contribution >= 0.6 is 0 Å². The fraction of sp³-hybridized carbons (Fsp3) is 0.385. The molecule has 1 rings (SSSR count). The van der Waals surface area contributed by atoms with Gasteiger partial charge < -0.3 is 0 Å². The van der Waals surface area contributed by atoms with Gasteiger partial charge in [-0.3, -0.25) is 4.18 Å². The first-order valence-corrected chi connectivity index (χ1v) is 9.19. The van der Waals surface area contributed by atoms with Gasteiger partial charge in [-0.2, -0.15) is 8.42 Å². The second-order valence-corrected chi connectivity index (χ2v) is 7.94. The summed E-state index contributed by atoms with van der Waals surface area (Å²) >= 11 is 0. The Bertz CT molecular complexity index is 654. The predicted molar refractivity (Wildman–Crippen MR) is 76.3 cm³/mol. The largest absolute Gasteiger partial charge is 0.268 e. The quantitative estimate of drug-likeness (QED) is 0.409. The van der Waals surface area contributed by atoms with E-state index < -0.39 is 20.0 Å². The van der Waals surface area contributed by atoms with Crippen LogP contribution in [0.2, 0.25) is 0 Å². The Kier molecular flexibility index (Phi) is 6.20. The van der Waals surface area contributed by atoms with Crippen LogP contribution in [0.1, 0.15) is 12.8 Å². The number of terminal acetylenes is 1. The molecule has 0 spiro atoms. The van der Waals surface area contributed by atoms with E-state index in [0.717, 1.165) is 0 Å². The monoisotopic (exact) mass is 316 g/mol. The Balaban J connectivity index is 2.44. The molecule has 0 fully saturated rings. The minimum absolute atomic E-state index is 0.0956. The molecule has 7 heteroatoms. The van der Waals surface area contributed by atoms with Gasteiger partial charge in [0.05, 0.1) is 16.4 Å². The van der Waals surface area contributed by atoms with Gasteiger partial charge >= 0.3 is 0 Å². The summed E-state index contributed by atoms with van der Waals surface area (Å²) in [5.74, 6) is 1.73. The van der Waals surface area contributed by atoms with Crippen LogP contribution in [0.4, 0.5) is 0 Å². The molecular formula is C13H16O5S2. The summed E-state index contributed by atoms with van der Waals surface area (Å²) in [7, 11) is -7.03. The third kappa shape index (κ3) is 5.74. The fourth-order valence-corrected chi connectivity index (χ4v) is 3.81. The molecule has 0 amide bonds. The summed E-state index contributed by atoms with van der Waals surface area (Å²) in [6, 6.07) is 8.05. The molecule has 0 unspecified atom stereocenters. The molecule has 5 nitrogen and oxygen atoms in total. The highest BCUT2D eigenvalue weighted by Crippen LogP contribution is 2.12. The third-order valence-electron chi connectivity index (χ3n) is 2.48. The molecule has 110 valence electrons. The highest BCUT2D eigenvalue weighted by molar-refractivity contribution is 7.91. The molecule has 0 aliphatic rings. The van der Waals surface area contributed by atoms with Gasteiger partial charge in [-0.05, 0) is 25.0 Å². The number of hydrogen-bond acceptors (Lipinski definition) is 5. The number of benzene rings is 1. The Hall–Kier alpha value is -1.36. The summed E-state index contributed by atoms with van der Waals surface area (Å²) in [5, 5.41) is 0. The molecule has 20 heavy (non-hydrogen) atoms. The van der Waals surface area contributed by atoms with E-state index in [-0.39, 0.29) is 35.8 Å². The summed E-state index contributed by atoms with van der Waals surface area (Å²) in [5.41, 5.74) is 0. The highest BCUT2D eigenvalue weighted by atomic mass is 32.2. The first-order chi connectivity index (χ1) is 9.37. The summed E-state index contributed by atoms with van der Waals surface area (Å²) in [6.45, 7) is -0.301. The van der Waals surface area contributed by atoms with Crippen molar-refractivity contribution in [3.05, 3.63) is 30.3 Å². The number of rotatable bonds is 8. The second-order valence-electron chi connectivity index (χ2n) is 4.07. The SMILES string of the molecule is C#CCOS(=O)(=O)CCCCS(=O)(=O)c1ccccc1. The molecule has 1 aromatic carbocycles. The van der Waals surface area contributed by atoms with Crippen LogP contribution < -0.4 is 0 Å². The first kappa shape index (κ1) is 16.7. The van der Waals surface area contributed by atoms with E-state index >= 15 is 0 Å². The zero-order valence-electron chi connectivity index (χ0n) is 10.9. The van der Waals surface area contributed by atoms with Crippen molar-refractivity contribution in [2.24, 2.45) is 0 Å². The molecule has 0 heterocycles. The van der Waals surface area contributed by atoms with Gasteiger partial charge in [-0.1, -0.05) is 24.1 Å². The lowest BCUT2D eigenvalue weighted by molar-refractivity contribution is 0.362. The minimum atomic E-state index is -3.66. The van der Waals surface area contributed by atoms with Crippen LogP contribution in [0.25, 0.3) is 0 Å². The maximum absolute atomic E-state index is 11.9. The standard InChI is InChI=1S/C13H16O5S2/c1-2-10-18-20(16,17)12-7-6-11-19(14,15)13-8-4-3-5-9-13/h1,3-5,8-9H,6-7,10-12H2. The molecule has 0 aliphatic carbocycles. The molecule has 0 atom stereocenters. The van der Waals surface area contributed by atoms with Gasteiger partial charge in [0.15, 0.2) is 9.84 Å². The van der Waals surface area contributed by atoms with Gasteiger partial charge in [0.2, 0.25) is 0 Å². The van der Waals surface area contributed by atoms with E-state index in [1.807, 2.05) is 0 Å². The first-order valence-electron chi connectivity index (χ1n) is 5.96. The number of hydrogen-bond donors (Lipinski definition) is 0.